The largest absolute Gasteiger partial charge is 0.102 e. The van der Waals surface area contributed by atoms with Crippen molar-refractivity contribution in [3.63, 3.8) is 0 Å². The summed E-state index contributed by atoms with van der Waals surface area (Å²) in [5.74, 6) is 0.473. The quantitative estimate of drug-likeness (QED) is 0.412. The Bertz CT molecular complexity index is 149. The Hall–Kier alpha value is -0.780. The maximum atomic E-state index is 3.74. The van der Waals surface area contributed by atoms with Crippen LogP contribution in [0.1, 0.15) is 20.8 Å². The van der Waals surface area contributed by atoms with E-state index in [2.05, 4.69) is 38.7 Å². The van der Waals surface area contributed by atoms with Crippen LogP contribution in [0.2, 0.25) is 0 Å². The molecule has 0 aliphatic heterocycles. The predicted molar refractivity (Wildman–Crippen MR) is 47.9 cm³/mol. The van der Waals surface area contributed by atoms with E-state index in [1.165, 1.54) is 5.57 Å². The highest BCUT2D eigenvalue weighted by molar-refractivity contribution is 5.22. The van der Waals surface area contributed by atoms with E-state index in [-0.39, 0.29) is 0 Å². The van der Waals surface area contributed by atoms with Gasteiger partial charge < -0.3 is 0 Å². The Kier molecular flexibility index (Phi) is 4.65. The number of hydrogen-bond acceptors (Lipinski definition) is 0. The zero-order valence-corrected chi connectivity index (χ0v) is 7.09. The van der Waals surface area contributed by atoms with Crippen LogP contribution in [0.4, 0.5) is 0 Å². The minimum Gasteiger partial charge on any atom is -0.102 e. The lowest BCUT2D eigenvalue weighted by Crippen LogP contribution is -1.90. The monoisotopic (exact) mass is 136 g/mol. The van der Waals surface area contributed by atoms with Crippen molar-refractivity contribution in [2.45, 2.75) is 20.8 Å². The molecule has 0 rings (SSSR count). The summed E-state index contributed by atoms with van der Waals surface area (Å²) in [7, 11) is 0. The lowest BCUT2D eigenvalue weighted by molar-refractivity contribution is 0.891. The lowest BCUT2D eigenvalue weighted by atomic mass is 10.0. The molecule has 0 N–H and O–H groups in total. The Labute approximate surface area is 64.0 Å². The van der Waals surface area contributed by atoms with E-state index in [1.54, 1.807) is 0 Å². The maximum Gasteiger partial charge on any atom is -0.00165 e. The summed E-state index contributed by atoms with van der Waals surface area (Å²) in [6.07, 6.45) is 8.24. The second-order valence-corrected chi connectivity index (χ2v) is 2.31. The average Bonchev–Trinajstić information content (AvgIpc) is 1.99. The van der Waals surface area contributed by atoms with Gasteiger partial charge in [-0.2, -0.15) is 0 Å². The molecule has 0 saturated heterocycles. The van der Waals surface area contributed by atoms with Gasteiger partial charge in [-0.05, 0) is 25.3 Å². The molecule has 0 spiro atoms. The molecule has 0 radical (unpaired) electrons. The summed E-state index contributed by atoms with van der Waals surface area (Å²) >= 11 is 0. The van der Waals surface area contributed by atoms with Crippen molar-refractivity contribution in [1.29, 1.82) is 0 Å². The molecule has 0 bridgehead atoms. The van der Waals surface area contributed by atoms with Crippen molar-refractivity contribution in [3.05, 3.63) is 36.5 Å². The maximum absolute atomic E-state index is 3.74. The van der Waals surface area contributed by atoms with Gasteiger partial charge in [-0.3, -0.25) is 0 Å². The van der Waals surface area contributed by atoms with Gasteiger partial charge in [0.2, 0.25) is 0 Å². The molecular formula is C10H16. The Morgan fingerprint density at radius 2 is 2.00 bits per heavy atom. The molecule has 0 amide bonds. The highest BCUT2D eigenvalue weighted by Crippen LogP contribution is 2.11. The van der Waals surface area contributed by atoms with Gasteiger partial charge in [0.05, 0.1) is 0 Å². The van der Waals surface area contributed by atoms with Crippen molar-refractivity contribution < 1.29 is 0 Å². The summed E-state index contributed by atoms with van der Waals surface area (Å²) in [5.41, 5.74) is 1.33. The average molecular weight is 136 g/mol. The third-order valence-corrected chi connectivity index (χ3v) is 1.57. The Morgan fingerprint density at radius 3 is 2.30 bits per heavy atom. The van der Waals surface area contributed by atoms with Crippen LogP contribution in [0.15, 0.2) is 36.5 Å². The SMILES string of the molecule is C=CC(C)C(/C=C\C)=C/C. The van der Waals surface area contributed by atoms with Crippen molar-refractivity contribution in [2.24, 2.45) is 5.92 Å². The molecular weight excluding hydrogens is 120 g/mol. The van der Waals surface area contributed by atoms with E-state index in [0.29, 0.717) is 5.92 Å². The fourth-order valence-corrected chi connectivity index (χ4v) is 0.839. The fourth-order valence-electron chi connectivity index (χ4n) is 0.839. The second-order valence-electron chi connectivity index (χ2n) is 2.31. The summed E-state index contributed by atoms with van der Waals surface area (Å²) in [6, 6.07) is 0. The molecule has 0 aromatic rings. The fraction of sp³-hybridized carbons (Fsp3) is 0.400. The van der Waals surface area contributed by atoms with Gasteiger partial charge in [-0.25, -0.2) is 0 Å². The zero-order chi connectivity index (χ0) is 7.98. The van der Waals surface area contributed by atoms with Gasteiger partial charge >= 0.3 is 0 Å². The van der Waals surface area contributed by atoms with Gasteiger partial charge in [0, 0.05) is 0 Å². The van der Waals surface area contributed by atoms with Crippen molar-refractivity contribution in [2.75, 3.05) is 0 Å². The third-order valence-electron chi connectivity index (χ3n) is 1.57. The molecule has 0 fully saturated rings. The smallest absolute Gasteiger partial charge is 0.00165 e. The number of hydrogen-bond donors (Lipinski definition) is 0. The first kappa shape index (κ1) is 9.22. The van der Waals surface area contributed by atoms with Gasteiger partial charge in [0.1, 0.15) is 0 Å². The molecule has 1 unspecified atom stereocenters. The topological polar surface area (TPSA) is 0 Å². The van der Waals surface area contributed by atoms with Gasteiger partial charge in [-0.1, -0.05) is 31.2 Å². The summed E-state index contributed by atoms with van der Waals surface area (Å²) in [5, 5.41) is 0. The van der Waals surface area contributed by atoms with Gasteiger partial charge in [0.15, 0.2) is 0 Å². The molecule has 0 aliphatic rings. The minimum atomic E-state index is 0.473. The summed E-state index contributed by atoms with van der Waals surface area (Å²) in [4.78, 5) is 0. The van der Waals surface area contributed by atoms with E-state index >= 15 is 0 Å². The van der Waals surface area contributed by atoms with Crippen LogP contribution < -0.4 is 0 Å². The van der Waals surface area contributed by atoms with Crippen molar-refractivity contribution >= 4 is 0 Å². The molecule has 0 aliphatic carbocycles. The van der Waals surface area contributed by atoms with Crippen LogP contribution in [0.3, 0.4) is 0 Å². The molecule has 0 saturated carbocycles. The third kappa shape index (κ3) is 2.67. The summed E-state index contributed by atoms with van der Waals surface area (Å²) in [6.45, 7) is 9.96. The highest BCUT2D eigenvalue weighted by Gasteiger charge is 1.97. The number of allylic oxidation sites excluding steroid dienone is 5. The molecule has 0 nitrogen and oxygen atoms in total. The molecule has 0 aromatic heterocycles. The molecule has 0 aromatic carbocycles. The first-order valence-corrected chi connectivity index (χ1v) is 3.67. The van der Waals surface area contributed by atoms with Gasteiger partial charge in [0.25, 0.3) is 0 Å². The van der Waals surface area contributed by atoms with E-state index in [4.69, 9.17) is 0 Å². The van der Waals surface area contributed by atoms with Crippen LogP contribution in [0, 0.1) is 5.92 Å². The molecule has 0 heteroatoms. The molecule has 10 heavy (non-hydrogen) atoms. The van der Waals surface area contributed by atoms with E-state index in [9.17, 15) is 0 Å². The molecule has 1 atom stereocenters. The van der Waals surface area contributed by atoms with Crippen LogP contribution >= 0.6 is 0 Å². The normalized spacial score (nSPS) is 15.7. The zero-order valence-electron chi connectivity index (χ0n) is 7.09. The van der Waals surface area contributed by atoms with Gasteiger partial charge in [-0.15, -0.1) is 6.58 Å². The standard InChI is InChI=1S/C10H16/c1-5-8-10(7-3)9(4)6-2/h5-9H,2H2,1,3-4H3/b8-5-,10-7+. The van der Waals surface area contributed by atoms with Crippen LogP contribution in [-0.4, -0.2) is 0 Å². The Balaban J connectivity index is 4.21. The summed E-state index contributed by atoms with van der Waals surface area (Å²) < 4.78 is 0. The number of rotatable bonds is 3. The lowest BCUT2D eigenvalue weighted by Gasteiger charge is -2.04. The van der Waals surface area contributed by atoms with Crippen LogP contribution in [0.25, 0.3) is 0 Å². The molecule has 0 heterocycles. The first-order valence-electron chi connectivity index (χ1n) is 3.67. The van der Waals surface area contributed by atoms with Crippen LogP contribution in [-0.2, 0) is 0 Å². The van der Waals surface area contributed by atoms with Crippen LogP contribution in [0.5, 0.6) is 0 Å². The van der Waals surface area contributed by atoms with Crippen molar-refractivity contribution in [3.8, 4) is 0 Å². The minimum absolute atomic E-state index is 0.473. The van der Waals surface area contributed by atoms with E-state index in [1.807, 2.05) is 13.0 Å². The predicted octanol–water partition coefficient (Wildman–Crippen LogP) is 3.33. The Morgan fingerprint density at radius 1 is 1.40 bits per heavy atom. The second kappa shape index (κ2) is 5.04. The highest BCUT2D eigenvalue weighted by atomic mass is 14.0. The molecule has 56 valence electrons. The first-order chi connectivity index (χ1) is 4.76. The van der Waals surface area contributed by atoms with E-state index < -0.39 is 0 Å². The van der Waals surface area contributed by atoms with E-state index in [0.717, 1.165) is 0 Å². The van der Waals surface area contributed by atoms with Crippen molar-refractivity contribution in [1.82, 2.24) is 0 Å².